The van der Waals surface area contributed by atoms with Gasteiger partial charge >= 0.3 is 0 Å². The summed E-state index contributed by atoms with van der Waals surface area (Å²) in [6.45, 7) is 0. The molecule has 4 aromatic rings. The van der Waals surface area contributed by atoms with Crippen LogP contribution in [0.5, 0.6) is 5.75 Å². The molecule has 0 aliphatic rings. The van der Waals surface area contributed by atoms with Crippen molar-refractivity contribution in [3.63, 3.8) is 0 Å². The molecule has 0 atom stereocenters. The van der Waals surface area contributed by atoms with Gasteiger partial charge in [0.05, 0.1) is 10.2 Å². The number of phenols is 1. The first-order chi connectivity index (χ1) is 12.2. The molecule has 0 saturated carbocycles. The summed E-state index contributed by atoms with van der Waals surface area (Å²) in [5.41, 5.74) is 10.7. The molecular formula is C21H16N2OS. The van der Waals surface area contributed by atoms with Crippen molar-refractivity contribution in [3.8, 4) is 16.3 Å². The van der Waals surface area contributed by atoms with Crippen molar-refractivity contribution < 1.29 is 5.11 Å². The molecule has 3 aromatic carbocycles. The second-order valence-electron chi connectivity index (χ2n) is 5.79. The number of benzene rings is 3. The Labute approximate surface area is 149 Å². The second kappa shape index (κ2) is 6.42. The maximum absolute atomic E-state index is 9.58. The molecule has 4 rings (SSSR count). The minimum absolute atomic E-state index is 0.269. The molecule has 0 spiro atoms. The van der Waals surface area contributed by atoms with Gasteiger partial charge in [0.2, 0.25) is 0 Å². The highest BCUT2D eigenvalue weighted by Gasteiger charge is 2.06. The van der Waals surface area contributed by atoms with Gasteiger partial charge in [0, 0.05) is 11.3 Å². The molecule has 0 fully saturated rings. The summed E-state index contributed by atoms with van der Waals surface area (Å²) >= 11 is 1.58. The van der Waals surface area contributed by atoms with Crippen LogP contribution in [0.2, 0.25) is 0 Å². The summed E-state index contributed by atoms with van der Waals surface area (Å²) in [5, 5.41) is 10.5. The number of nitrogens with two attached hydrogens (primary N) is 1. The van der Waals surface area contributed by atoms with Gasteiger partial charge in [-0.2, -0.15) is 0 Å². The Balaban J connectivity index is 1.57. The highest BCUT2D eigenvalue weighted by atomic mass is 32.1. The molecule has 0 saturated heterocycles. The van der Waals surface area contributed by atoms with E-state index in [1.54, 1.807) is 23.5 Å². The predicted molar refractivity (Wildman–Crippen MR) is 107 cm³/mol. The standard InChI is InChI=1S/C21H16N2OS/c22-17-9-5-15(6-10-17)2-1-14-3-7-16(8-4-14)21-23-19-12-11-18(24)13-20(19)25-21/h1-13,24H,22H2. The fraction of sp³-hybridized carbons (Fsp3) is 0. The SMILES string of the molecule is Nc1ccc(C=Cc2ccc(-c3nc4ccc(O)cc4s3)cc2)cc1. The van der Waals surface area contributed by atoms with Crippen molar-refractivity contribution in [1.82, 2.24) is 4.98 Å². The predicted octanol–water partition coefficient (Wildman–Crippen LogP) is 5.42. The third kappa shape index (κ3) is 3.39. The fourth-order valence-electron chi connectivity index (χ4n) is 2.57. The molecule has 0 radical (unpaired) electrons. The number of hydrogen-bond acceptors (Lipinski definition) is 4. The number of nitrogen functional groups attached to an aromatic ring is 1. The first-order valence-corrected chi connectivity index (χ1v) is 8.73. The Morgan fingerprint density at radius 1 is 0.840 bits per heavy atom. The van der Waals surface area contributed by atoms with Gasteiger partial charge < -0.3 is 10.8 Å². The van der Waals surface area contributed by atoms with Gasteiger partial charge in [-0.15, -0.1) is 11.3 Å². The molecule has 0 bridgehead atoms. The second-order valence-corrected chi connectivity index (χ2v) is 6.82. The van der Waals surface area contributed by atoms with Gasteiger partial charge in [-0.25, -0.2) is 4.98 Å². The highest BCUT2D eigenvalue weighted by molar-refractivity contribution is 7.21. The largest absolute Gasteiger partial charge is 0.508 e. The van der Waals surface area contributed by atoms with Crippen LogP contribution in [-0.2, 0) is 0 Å². The third-order valence-corrected chi connectivity index (χ3v) is 5.00. The number of nitrogens with zero attached hydrogens (tertiary/aromatic N) is 1. The summed E-state index contributed by atoms with van der Waals surface area (Å²) in [6, 6.07) is 21.3. The maximum Gasteiger partial charge on any atom is 0.124 e. The molecule has 3 N–H and O–H groups in total. The Morgan fingerprint density at radius 2 is 1.48 bits per heavy atom. The van der Waals surface area contributed by atoms with Crippen LogP contribution in [0.3, 0.4) is 0 Å². The molecule has 25 heavy (non-hydrogen) atoms. The lowest BCUT2D eigenvalue weighted by molar-refractivity contribution is 0.476. The van der Waals surface area contributed by atoms with E-state index in [4.69, 9.17) is 5.73 Å². The van der Waals surface area contributed by atoms with Crippen molar-refractivity contribution in [2.24, 2.45) is 0 Å². The average Bonchev–Trinajstić information content (AvgIpc) is 3.05. The minimum atomic E-state index is 0.269. The van der Waals surface area contributed by atoms with E-state index in [1.165, 1.54) is 0 Å². The topological polar surface area (TPSA) is 59.1 Å². The van der Waals surface area contributed by atoms with Gasteiger partial charge in [-0.1, -0.05) is 48.6 Å². The quantitative estimate of drug-likeness (QED) is 0.385. The maximum atomic E-state index is 9.58. The van der Waals surface area contributed by atoms with Crippen molar-refractivity contribution in [3.05, 3.63) is 77.9 Å². The lowest BCUT2D eigenvalue weighted by Crippen LogP contribution is -1.82. The zero-order valence-electron chi connectivity index (χ0n) is 13.4. The summed E-state index contributed by atoms with van der Waals surface area (Å²) in [5.74, 6) is 0.269. The molecule has 0 aliphatic heterocycles. The number of anilines is 1. The smallest absolute Gasteiger partial charge is 0.124 e. The van der Waals surface area contributed by atoms with Gasteiger partial charge in [-0.3, -0.25) is 0 Å². The van der Waals surface area contributed by atoms with Crippen molar-refractivity contribution in [2.45, 2.75) is 0 Å². The third-order valence-electron chi connectivity index (χ3n) is 3.93. The Kier molecular flexibility index (Phi) is 3.96. The van der Waals surface area contributed by atoms with E-state index >= 15 is 0 Å². The van der Waals surface area contributed by atoms with Crippen molar-refractivity contribution >= 4 is 39.4 Å². The molecule has 122 valence electrons. The first kappa shape index (κ1) is 15.4. The van der Waals surface area contributed by atoms with E-state index in [-0.39, 0.29) is 5.75 Å². The minimum Gasteiger partial charge on any atom is -0.508 e. The number of aromatic nitrogens is 1. The first-order valence-electron chi connectivity index (χ1n) is 7.91. The molecule has 0 amide bonds. The van der Waals surface area contributed by atoms with E-state index in [2.05, 4.69) is 41.4 Å². The van der Waals surface area contributed by atoms with Gasteiger partial charge in [-0.05, 0) is 41.5 Å². The summed E-state index contributed by atoms with van der Waals surface area (Å²) in [6.07, 6.45) is 4.14. The highest BCUT2D eigenvalue weighted by Crippen LogP contribution is 2.32. The number of hydrogen-bond donors (Lipinski definition) is 2. The molecule has 1 aromatic heterocycles. The Bertz CT molecular complexity index is 1050. The number of aromatic hydroxyl groups is 1. The van der Waals surface area contributed by atoms with Crippen molar-refractivity contribution in [1.29, 1.82) is 0 Å². The molecule has 3 nitrogen and oxygen atoms in total. The van der Waals surface area contributed by atoms with E-state index in [0.717, 1.165) is 37.6 Å². The van der Waals surface area contributed by atoms with Gasteiger partial charge in [0.15, 0.2) is 0 Å². The van der Waals surface area contributed by atoms with Crippen LogP contribution in [-0.4, -0.2) is 10.1 Å². The van der Waals surface area contributed by atoms with E-state index in [9.17, 15) is 5.11 Å². The van der Waals surface area contributed by atoms with Crippen LogP contribution in [0.25, 0.3) is 32.9 Å². The lowest BCUT2D eigenvalue weighted by Gasteiger charge is -1.98. The molecule has 0 aliphatic carbocycles. The monoisotopic (exact) mass is 344 g/mol. The van der Waals surface area contributed by atoms with Crippen LogP contribution in [0.15, 0.2) is 66.7 Å². The van der Waals surface area contributed by atoms with Gasteiger partial charge in [0.1, 0.15) is 10.8 Å². The fourth-order valence-corrected chi connectivity index (χ4v) is 3.58. The van der Waals surface area contributed by atoms with Gasteiger partial charge in [0.25, 0.3) is 0 Å². The number of fused-ring (bicyclic) bond motifs is 1. The van der Waals surface area contributed by atoms with Crippen LogP contribution >= 0.6 is 11.3 Å². The Hall–Kier alpha value is -3.11. The van der Waals surface area contributed by atoms with Crippen LogP contribution in [0.1, 0.15) is 11.1 Å². The zero-order chi connectivity index (χ0) is 17.2. The summed E-state index contributed by atoms with van der Waals surface area (Å²) < 4.78 is 0.988. The van der Waals surface area contributed by atoms with Crippen LogP contribution < -0.4 is 5.73 Å². The molecular weight excluding hydrogens is 328 g/mol. The normalized spacial score (nSPS) is 11.4. The van der Waals surface area contributed by atoms with E-state index < -0.39 is 0 Å². The summed E-state index contributed by atoms with van der Waals surface area (Å²) in [4.78, 5) is 4.63. The summed E-state index contributed by atoms with van der Waals surface area (Å²) in [7, 11) is 0. The van der Waals surface area contributed by atoms with E-state index in [1.807, 2.05) is 30.3 Å². The average molecular weight is 344 g/mol. The zero-order valence-corrected chi connectivity index (χ0v) is 14.2. The number of phenolic OH excluding ortho intramolecular Hbond substituents is 1. The molecule has 1 heterocycles. The number of rotatable bonds is 3. The Morgan fingerprint density at radius 3 is 2.16 bits per heavy atom. The molecule has 0 unspecified atom stereocenters. The van der Waals surface area contributed by atoms with Crippen molar-refractivity contribution in [2.75, 3.05) is 5.73 Å². The van der Waals surface area contributed by atoms with Crippen LogP contribution in [0.4, 0.5) is 5.69 Å². The number of thiazole rings is 1. The van der Waals surface area contributed by atoms with E-state index in [0.29, 0.717) is 0 Å². The van der Waals surface area contributed by atoms with Crippen LogP contribution in [0, 0.1) is 0 Å². The molecule has 4 heteroatoms. The lowest BCUT2D eigenvalue weighted by atomic mass is 10.1.